The van der Waals surface area contributed by atoms with Crippen molar-refractivity contribution in [2.24, 2.45) is 0 Å². The summed E-state index contributed by atoms with van der Waals surface area (Å²) in [7, 11) is 0. The first-order valence-electron chi connectivity index (χ1n) is 7.40. The molecule has 0 aromatic heterocycles. The molecule has 1 aromatic rings. The van der Waals surface area contributed by atoms with E-state index < -0.39 is 0 Å². The topological polar surface area (TPSA) is 50.4 Å². The predicted molar refractivity (Wildman–Crippen MR) is 86.9 cm³/mol. The maximum absolute atomic E-state index is 12.0. The Morgan fingerprint density at radius 2 is 2.19 bits per heavy atom. The van der Waals surface area contributed by atoms with Gasteiger partial charge in [0.15, 0.2) is 0 Å². The van der Waals surface area contributed by atoms with Crippen LogP contribution in [0.2, 0.25) is 0 Å². The van der Waals surface area contributed by atoms with Gasteiger partial charge >= 0.3 is 0 Å². The number of halogens is 1. The molecule has 21 heavy (non-hydrogen) atoms. The molecule has 2 atom stereocenters. The van der Waals surface area contributed by atoms with Gasteiger partial charge in [0.2, 0.25) is 5.91 Å². The monoisotopic (exact) mass is 312 g/mol. The number of carbonyl (C=O) groups is 1. The zero-order valence-electron chi connectivity index (χ0n) is 12.7. The third-order valence-corrected chi connectivity index (χ3v) is 3.62. The number of benzene rings is 1. The third kappa shape index (κ3) is 5.30. The summed E-state index contributed by atoms with van der Waals surface area (Å²) in [5.74, 6) is 0.0523. The number of hydrogen-bond acceptors (Lipinski definition) is 3. The summed E-state index contributed by atoms with van der Waals surface area (Å²) in [6.45, 7) is 6.39. The molecule has 2 rings (SSSR count). The molecular weight excluding hydrogens is 288 g/mol. The van der Waals surface area contributed by atoms with Crippen LogP contribution in [0.4, 0.5) is 0 Å². The van der Waals surface area contributed by atoms with Crippen molar-refractivity contribution in [2.75, 3.05) is 19.7 Å². The van der Waals surface area contributed by atoms with Gasteiger partial charge in [0.25, 0.3) is 0 Å². The smallest absolute Gasteiger partial charge is 0.223 e. The van der Waals surface area contributed by atoms with E-state index in [1.807, 2.05) is 12.1 Å². The average molecular weight is 313 g/mol. The van der Waals surface area contributed by atoms with Crippen molar-refractivity contribution in [1.29, 1.82) is 0 Å². The number of ether oxygens (including phenoxy) is 1. The Labute approximate surface area is 133 Å². The lowest BCUT2D eigenvalue weighted by atomic mass is 9.95. The lowest BCUT2D eigenvalue weighted by molar-refractivity contribution is -0.124. The van der Waals surface area contributed by atoms with Crippen LogP contribution in [-0.4, -0.2) is 31.6 Å². The SMILES string of the molecule is CCN[C@H](C)CNC(=O)CC1OCCc2ccccc21.Cl. The van der Waals surface area contributed by atoms with E-state index in [4.69, 9.17) is 4.74 Å². The molecule has 0 aliphatic carbocycles. The van der Waals surface area contributed by atoms with Gasteiger partial charge in [-0.15, -0.1) is 12.4 Å². The molecule has 1 aromatic carbocycles. The zero-order valence-corrected chi connectivity index (χ0v) is 13.5. The van der Waals surface area contributed by atoms with Gasteiger partial charge in [-0.05, 0) is 31.0 Å². The maximum Gasteiger partial charge on any atom is 0.223 e. The lowest BCUT2D eigenvalue weighted by Gasteiger charge is -2.25. The Balaban J connectivity index is 0.00000220. The highest BCUT2D eigenvalue weighted by molar-refractivity contribution is 5.85. The van der Waals surface area contributed by atoms with Crippen LogP contribution < -0.4 is 10.6 Å². The zero-order chi connectivity index (χ0) is 14.4. The predicted octanol–water partition coefficient (Wildman–Crippen LogP) is 2.23. The van der Waals surface area contributed by atoms with E-state index in [1.54, 1.807) is 0 Å². The van der Waals surface area contributed by atoms with Crippen molar-refractivity contribution in [3.63, 3.8) is 0 Å². The Kier molecular flexibility index (Phi) is 7.72. The summed E-state index contributed by atoms with van der Waals surface area (Å²) in [4.78, 5) is 12.0. The standard InChI is InChI=1S/C16H24N2O2.ClH/c1-3-17-12(2)11-18-16(19)10-15-14-7-5-4-6-13(14)8-9-20-15;/h4-7,12,15,17H,3,8-11H2,1-2H3,(H,18,19);1H/t12-,15?;/m1./s1. The molecule has 4 nitrogen and oxygen atoms in total. The Morgan fingerprint density at radius 3 is 2.95 bits per heavy atom. The molecule has 118 valence electrons. The first kappa shape index (κ1) is 18.0. The van der Waals surface area contributed by atoms with Crippen molar-refractivity contribution < 1.29 is 9.53 Å². The first-order chi connectivity index (χ1) is 9.70. The minimum atomic E-state index is -0.102. The fourth-order valence-corrected chi connectivity index (χ4v) is 2.57. The summed E-state index contributed by atoms with van der Waals surface area (Å²) in [6.07, 6.45) is 1.23. The van der Waals surface area contributed by atoms with Crippen molar-refractivity contribution in [1.82, 2.24) is 10.6 Å². The first-order valence-corrected chi connectivity index (χ1v) is 7.40. The van der Waals surface area contributed by atoms with Gasteiger partial charge in [-0.1, -0.05) is 31.2 Å². The summed E-state index contributed by atoms with van der Waals surface area (Å²) < 4.78 is 5.75. The summed E-state index contributed by atoms with van der Waals surface area (Å²) in [5, 5.41) is 6.24. The van der Waals surface area contributed by atoms with E-state index in [9.17, 15) is 4.79 Å². The second-order valence-electron chi connectivity index (χ2n) is 5.28. The maximum atomic E-state index is 12.0. The van der Waals surface area contributed by atoms with Crippen molar-refractivity contribution >= 4 is 18.3 Å². The molecule has 1 amide bonds. The summed E-state index contributed by atoms with van der Waals surface area (Å²) in [5.41, 5.74) is 2.46. The minimum Gasteiger partial charge on any atom is -0.373 e. The van der Waals surface area contributed by atoms with Gasteiger partial charge in [-0.25, -0.2) is 0 Å². The molecule has 0 spiro atoms. The van der Waals surface area contributed by atoms with Crippen LogP contribution >= 0.6 is 12.4 Å². The summed E-state index contributed by atoms with van der Waals surface area (Å²) >= 11 is 0. The van der Waals surface area contributed by atoms with Crippen LogP contribution in [-0.2, 0) is 16.0 Å². The molecule has 2 N–H and O–H groups in total. The van der Waals surface area contributed by atoms with Crippen LogP contribution in [0.15, 0.2) is 24.3 Å². The normalized spacial score (nSPS) is 18.3. The molecule has 1 aliphatic heterocycles. The molecule has 0 saturated carbocycles. The number of rotatable bonds is 6. The van der Waals surface area contributed by atoms with Crippen LogP contribution in [0.3, 0.4) is 0 Å². The lowest BCUT2D eigenvalue weighted by Crippen LogP contribution is -2.39. The van der Waals surface area contributed by atoms with E-state index in [1.165, 1.54) is 5.56 Å². The van der Waals surface area contributed by atoms with Gasteiger partial charge in [-0.3, -0.25) is 4.79 Å². The van der Waals surface area contributed by atoms with Crippen LogP contribution in [0, 0.1) is 0 Å². The van der Waals surface area contributed by atoms with E-state index in [2.05, 4.69) is 36.6 Å². The van der Waals surface area contributed by atoms with Gasteiger partial charge in [-0.2, -0.15) is 0 Å². The fourth-order valence-electron chi connectivity index (χ4n) is 2.57. The molecule has 1 heterocycles. The average Bonchev–Trinajstić information content (AvgIpc) is 2.46. The Bertz CT molecular complexity index is 454. The quantitative estimate of drug-likeness (QED) is 0.847. The molecule has 1 unspecified atom stereocenters. The van der Waals surface area contributed by atoms with Crippen LogP contribution in [0.5, 0.6) is 0 Å². The number of nitrogens with one attached hydrogen (secondary N) is 2. The van der Waals surface area contributed by atoms with Crippen LogP contribution in [0.25, 0.3) is 0 Å². The summed E-state index contributed by atoms with van der Waals surface area (Å²) in [6, 6.07) is 8.53. The fraction of sp³-hybridized carbons (Fsp3) is 0.562. The largest absolute Gasteiger partial charge is 0.373 e. The van der Waals surface area contributed by atoms with E-state index in [0.29, 0.717) is 25.6 Å². The second kappa shape index (κ2) is 9.03. The number of likely N-dealkylation sites (N-methyl/N-ethyl adjacent to an activating group) is 1. The highest BCUT2D eigenvalue weighted by atomic mass is 35.5. The molecule has 1 aliphatic rings. The molecule has 0 bridgehead atoms. The van der Waals surface area contributed by atoms with Crippen LogP contribution in [0.1, 0.15) is 37.5 Å². The van der Waals surface area contributed by atoms with Gasteiger partial charge in [0, 0.05) is 12.6 Å². The Morgan fingerprint density at radius 1 is 1.43 bits per heavy atom. The van der Waals surface area contributed by atoms with Crippen molar-refractivity contribution in [3.05, 3.63) is 35.4 Å². The molecular formula is C16H25ClN2O2. The van der Waals surface area contributed by atoms with E-state index in [0.717, 1.165) is 18.5 Å². The second-order valence-corrected chi connectivity index (χ2v) is 5.28. The highest BCUT2D eigenvalue weighted by Gasteiger charge is 2.22. The Hall–Kier alpha value is -1.10. The minimum absolute atomic E-state index is 0. The molecule has 0 radical (unpaired) electrons. The highest BCUT2D eigenvalue weighted by Crippen LogP contribution is 2.29. The third-order valence-electron chi connectivity index (χ3n) is 3.62. The van der Waals surface area contributed by atoms with E-state index >= 15 is 0 Å². The number of fused-ring (bicyclic) bond motifs is 1. The molecule has 5 heteroatoms. The number of carbonyl (C=O) groups excluding carboxylic acids is 1. The van der Waals surface area contributed by atoms with Gasteiger partial charge in [0.1, 0.15) is 0 Å². The number of hydrogen-bond donors (Lipinski definition) is 2. The van der Waals surface area contributed by atoms with Crippen molar-refractivity contribution in [3.8, 4) is 0 Å². The van der Waals surface area contributed by atoms with Crippen molar-refractivity contribution in [2.45, 2.75) is 38.8 Å². The molecule has 0 fully saturated rings. The van der Waals surface area contributed by atoms with E-state index in [-0.39, 0.29) is 24.4 Å². The number of amides is 1. The van der Waals surface area contributed by atoms with Gasteiger partial charge < -0.3 is 15.4 Å². The van der Waals surface area contributed by atoms with Gasteiger partial charge in [0.05, 0.1) is 19.1 Å². The molecule has 0 saturated heterocycles.